The molecule has 0 saturated carbocycles. The van der Waals surface area contributed by atoms with E-state index in [4.69, 9.17) is 30.8 Å². The van der Waals surface area contributed by atoms with E-state index in [0.717, 1.165) is 10.1 Å². The molecule has 1 aliphatic heterocycles. The van der Waals surface area contributed by atoms with Crippen molar-refractivity contribution in [1.29, 1.82) is 0 Å². The van der Waals surface area contributed by atoms with Crippen LogP contribution in [-0.4, -0.2) is 77.0 Å². The van der Waals surface area contributed by atoms with Crippen LogP contribution in [0.15, 0.2) is 46.0 Å². The number of hydrogen-bond donors (Lipinski definition) is 0. The van der Waals surface area contributed by atoms with Gasteiger partial charge in [-0.25, -0.2) is 4.79 Å². The van der Waals surface area contributed by atoms with Crippen molar-refractivity contribution in [2.24, 2.45) is 14.1 Å². The Kier molecular flexibility index (Phi) is 7.68. The average Bonchev–Trinajstić information content (AvgIpc) is 3.38. The van der Waals surface area contributed by atoms with E-state index in [0.29, 0.717) is 77.7 Å². The lowest BCUT2D eigenvalue weighted by Gasteiger charge is -2.35. The molecule has 41 heavy (non-hydrogen) atoms. The van der Waals surface area contributed by atoms with Crippen LogP contribution in [0.25, 0.3) is 11.2 Å². The number of carbonyl (C=O) groups is 1. The fourth-order valence-electron chi connectivity index (χ4n) is 5.10. The van der Waals surface area contributed by atoms with Gasteiger partial charge in [0.05, 0.1) is 27.9 Å². The number of aryl methyl sites for hydroxylation is 1. The van der Waals surface area contributed by atoms with E-state index in [2.05, 4.69) is 0 Å². The molecule has 1 saturated heterocycles. The minimum absolute atomic E-state index is 0.171. The van der Waals surface area contributed by atoms with Gasteiger partial charge in [-0.05, 0) is 29.8 Å². The summed E-state index contributed by atoms with van der Waals surface area (Å²) in [5, 5.41) is 0.607. The summed E-state index contributed by atoms with van der Waals surface area (Å²) in [7, 11) is 7.57. The molecule has 4 aromatic rings. The van der Waals surface area contributed by atoms with Crippen molar-refractivity contribution in [3.63, 3.8) is 0 Å². The molecule has 2 aromatic carbocycles. The number of hydrogen-bond acceptors (Lipinski definition) is 8. The van der Waals surface area contributed by atoms with Gasteiger partial charge >= 0.3 is 5.69 Å². The summed E-state index contributed by atoms with van der Waals surface area (Å²) in [6.45, 7) is 2.11. The topological polar surface area (TPSA) is 113 Å². The molecule has 0 radical (unpaired) electrons. The molecule has 0 unspecified atom stereocenters. The molecule has 12 nitrogen and oxygen atoms in total. The minimum atomic E-state index is -0.453. The fraction of sp³-hybridized carbons (Fsp3) is 0.357. The number of methoxy groups -OCH3 is 3. The molecule has 13 heteroatoms. The molecule has 0 atom stereocenters. The number of aromatic nitrogens is 4. The standard InChI is InChI=1S/C28H31ClN6O6/c1-31-24-22(26(37)32(2)28(31)38)35(16-17-6-8-19(29)9-7-17)27(30-24)34-12-10-33(11-13-34)25(36)18-14-20(39-3)23(41-5)21(15-18)40-4/h6-9,14-15H,10-13,16H2,1-5H3. The predicted octanol–water partition coefficient (Wildman–Crippen LogP) is 2.12. The third-order valence-corrected chi connectivity index (χ3v) is 7.60. The SMILES string of the molecule is COc1cc(C(=O)N2CCN(c3nc4c(c(=O)n(C)c(=O)n4C)n3Cc3ccc(Cl)cc3)CC2)cc(OC)c1OC. The van der Waals surface area contributed by atoms with E-state index in [1.54, 1.807) is 36.2 Å². The Morgan fingerprint density at radius 2 is 1.51 bits per heavy atom. The van der Waals surface area contributed by atoms with Crippen LogP contribution in [0, 0.1) is 0 Å². The van der Waals surface area contributed by atoms with Crippen LogP contribution in [0.5, 0.6) is 17.2 Å². The highest BCUT2D eigenvalue weighted by Crippen LogP contribution is 2.38. The predicted molar refractivity (Wildman–Crippen MR) is 155 cm³/mol. The van der Waals surface area contributed by atoms with Crippen molar-refractivity contribution < 1.29 is 19.0 Å². The summed E-state index contributed by atoms with van der Waals surface area (Å²) in [5.41, 5.74) is 1.09. The van der Waals surface area contributed by atoms with Gasteiger partial charge in [-0.1, -0.05) is 23.7 Å². The Morgan fingerprint density at radius 3 is 2.07 bits per heavy atom. The van der Waals surface area contributed by atoms with Gasteiger partial charge in [-0.3, -0.25) is 23.3 Å². The largest absolute Gasteiger partial charge is 0.493 e. The van der Waals surface area contributed by atoms with Crippen LogP contribution in [0.3, 0.4) is 0 Å². The number of halogens is 1. The first-order valence-corrected chi connectivity index (χ1v) is 13.3. The lowest BCUT2D eigenvalue weighted by Crippen LogP contribution is -2.49. The fourth-order valence-corrected chi connectivity index (χ4v) is 5.22. The summed E-state index contributed by atoms with van der Waals surface area (Å²) < 4.78 is 20.5. The second-order valence-corrected chi connectivity index (χ2v) is 10.1. The molecule has 216 valence electrons. The first-order valence-electron chi connectivity index (χ1n) is 12.9. The normalized spacial score (nSPS) is 13.5. The van der Waals surface area contributed by atoms with Crippen molar-refractivity contribution in [2.75, 3.05) is 52.4 Å². The van der Waals surface area contributed by atoms with Gasteiger partial charge in [0.2, 0.25) is 11.7 Å². The van der Waals surface area contributed by atoms with E-state index < -0.39 is 11.2 Å². The molecular formula is C28H31ClN6O6. The number of fused-ring (bicyclic) bond motifs is 1. The van der Waals surface area contributed by atoms with Gasteiger partial charge < -0.3 is 24.0 Å². The highest BCUT2D eigenvalue weighted by molar-refractivity contribution is 6.30. The number of amides is 1. The molecule has 1 amide bonds. The molecule has 0 spiro atoms. The minimum Gasteiger partial charge on any atom is -0.493 e. The molecule has 3 heterocycles. The van der Waals surface area contributed by atoms with Crippen LogP contribution >= 0.6 is 11.6 Å². The van der Waals surface area contributed by atoms with Crippen LogP contribution in [0.4, 0.5) is 5.95 Å². The van der Waals surface area contributed by atoms with Crippen molar-refractivity contribution in [2.45, 2.75) is 6.54 Å². The van der Waals surface area contributed by atoms with Crippen LogP contribution in [-0.2, 0) is 20.6 Å². The third-order valence-electron chi connectivity index (χ3n) is 7.34. The van der Waals surface area contributed by atoms with Gasteiger partial charge in [0, 0.05) is 50.9 Å². The van der Waals surface area contributed by atoms with Crippen molar-refractivity contribution in [3.8, 4) is 17.2 Å². The van der Waals surface area contributed by atoms with E-state index in [1.807, 2.05) is 21.6 Å². The molecular weight excluding hydrogens is 552 g/mol. The van der Waals surface area contributed by atoms with Crippen molar-refractivity contribution in [1.82, 2.24) is 23.6 Å². The van der Waals surface area contributed by atoms with Crippen LogP contribution < -0.4 is 30.4 Å². The smallest absolute Gasteiger partial charge is 0.332 e. The molecule has 0 bridgehead atoms. The second-order valence-electron chi connectivity index (χ2n) is 9.70. The number of piperazine rings is 1. The molecule has 5 rings (SSSR count). The van der Waals surface area contributed by atoms with Crippen molar-refractivity contribution >= 4 is 34.6 Å². The summed E-state index contributed by atoms with van der Waals surface area (Å²) >= 11 is 6.09. The van der Waals surface area contributed by atoms with Gasteiger partial charge in [-0.15, -0.1) is 0 Å². The molecule has 0 N–H and O–H groups in total. The lowest BCUT2D eigenvalue weighted by atomic mass is 10.1. The number of nitrogens with zero attached hydrogens (tertiary/aromatic N) is 6. The summed E-state index contributed by atoms with van der Waals surface area (Å²) in [5.74, 6) is 1.59. The zero-order chi connectivity index (χ0) is 29.4. The lowest BCUT2D eigenvalue weighted by molar-refractivity contribution is 0.0745. The van der Waals surface area contributed by atoms with Gasteiger partial charge in [0.1, 0.15) is 0 Å². The Morgan fingerprint density at radius 1 is 0.902 bits per heavy atom. The monoisotopic (exact) mass is 582 g/mol. The average molecular weight is 583 g/mol. The number of benzene rings is 2. The Hall–Kier alpha value is -4.45. The summed E-state index contributed by atoms with van der Waals surface area (Å²) in [4.78, 5) is 47.9. The van der Waals surface area contributed by atoms with Gasteiger partial charge in [-0.2, -0.15) is 4.98 Å². The van der Waals surface area contributed by atoms with E-state index in [9.17, 15) is 14.4 Å². The maximum absolute atomic E-state index is 13.5. The first-order chi connectivity index (χ1) is 19.7. The Labute approximate surface area is 240 Å². The number of anilines is 1. The van der Waals surface area contributed by atoms with Gasteiger partial charge in [0.25, 0.3) is 11.5 Å². The van der Waals surface area contributed by atoms with E-state index in [-0.39, 0.29) is 5.91 Å². The van der Waals surface area contributed by atoms with E-state index in [1.165, 1.54) is 32.9 Å². The van der Waals surface area contributed by atoms with Gasteiger partial charge in [0.15, 0.2) is 22.7 Å². The molecule has 2 aromatic heterocycles. The van der Waals surface area contributed by atoms with Crippen molar-refractivity contribution in [3.05, 3.63) is 73.4 Å². The Bertz CT molecular complexity index is 1710. The summed E-state index contributed by atoms with van der Waals surface area (Å²) in [6, 6.07) is 10.6. The maximum atomic E-state index is 13.5. The highest BCUT2D eigenvalue weighted by Gasteiger charge is 2.29. The zero-order valence-corrected chi connectivity index (χ0v) is 24.3. The molecule has 1 fully saturated rings. The zero-order valence-electron chi connectivity index (χ0n) is 23.5. The Balaban J connectivity index is 1.47. The second kappa shape index (κ2) is 11.2. The maximum Gasteiger partial charge on any atom is 0.332 e. The first kappa shape index (κ1) is 28.1. The third kappa shape index (κ3) is 4.99. The number of imidazole rings is 1. The van der Waals surface area contributed by atoms with E-state index >= 15 is 0 Å². The highest BCUT2D eigenvalue weighted by atomic mass is 35.5. The number of carbonyl (C=O) groups excluding carboxylic acids is 1. The van der Waals surface area contributed by atoms with Crippen LogP contribution in [0.2, 0.25) is 5.02 Å². The quantitative estimate of drug-likeness (QED) is 0.326. The summed E-state index contributed by atoms with van der Waals surface area (Å²) in [6.07, 6.45) is 0. The molecule has 1 aliphatic rings. The number of ether oxygens (including phenoxy) is 3. The van der Waals surface area contributed by atoms with Crippen LogP contribution in [0.1, 0.15) is 15.9 Å². The molecule has 0 aliphatic carbocycles. The number of rotatable bonds is 7.